The molecule has 1 atom stereocenters. The number of anilines is 1. The fourth-order valence-electron chi connectivity index (χ4n) is 3.69. The minimum absolute atomic E-state index is 0.0131. The lowest BCUT2D eigenvalue weighted by Crippen LogP contribution is -2.25. The van der Waals surface area contributed by atoms with Gasteiger partial charge in [0.2, 0.25) is 5.91 Å². The summed E-state index contributed by atoms with van der Waals surface area (Å²) in [6.45, 7) is 6.54. The van der Waals surface area contributed by atoms with Crippen LogP contribution in [-0.2, 0) is 11.4 Å². The van der Waals surface area contributed by atoms with Crippen LogP contribution < -0.4 is 10.1 Å². The first-order valence-electron chi connectivity index (χ1n) is 9.54. The summed E-state index contributed by atoms with van der Waals surface area (Å²) < 4.78 is 7.83. The molecule has 0 radical (unpaired) electrons. The van der Waals surface area contributed by atoms with Crippen molar-refractivity contribution in [3.05, 3.63) is 71.2 Å². The van der Waals surface area contributed by atoms with Gasteiger partial charge in [0.05, 0.1) is 11.4 Å². The van der Waals surface area contributed by atoms with Crippen LogP contribution in [0.4, 0.5) is 5.82 Å². The summed E-state index contributed by atoms with van der Waals surface area (Å²) in [7, 11) is 0. The van der Waals surface area contributed by atoms with Crippen molar-refractivity contribution in [1.82, 2.24) is 14.8 Å². The molecule has 6 heteroatoms. The average Bonchev–Trinajstić information content (AvgIpc) is 3.03. The van der Waals surface area contributed by atoms with E-state index < -0.39 is 0 Å². The van der Waals surface area contributed by atoms with Crippen LogP contribution in [0.5, 0.6) is 5.75 Å². The van der Waals surface area contributed by atoms with Gasteiger partial charge in [-0.2, -0.15) is 5.10 Å². The Bertz CT molecular complexity index is 995. The number of ether oxygens (including phenoxy) is 1. The number of amides is 1. The molecule has 1 N–H and O–H groups in total. The molecular formula is C22H24N4O2. The minimum atomic E-state index is -0.0327. The zero-order valence-corrected chi connectivity index (χ0v) is 16.3. The first-order valence-corrected chi connectivity index (χ1v) is 9.54. The van der Waals surface area contributed by atoms with Crippen LogP contribution in [0.1, 0.15) is 54.7 Å². The summed E-state index contributed by atoms with van der Waals surface area (Å²) in [6.07, 6.45) is 2.16. The van der Waals surface area contributed by atoms with Crippen molar-refractivity contribution in [2.45, 2.75) is 45.8 Å². The number of aryl methyl sites for hydroxylation is 1. The highest BCUT2D eigenvalue weighted by Gasteiger charge is 2.32. The number of nitrogens with one attached hydrogen (secondary N) is 1. The first kappa shape index (κ1) is 18.2. The van der Waals surface area contributed by atoms with E-state index in [1.165, 1.54) is 0 Å². The van der Waals surface area contributed by atoms with Crippen molar-refractivity contribution in [3.63, 3.8) is 0 Å². The molecule has 1 aliphatic rings. The number of carbonyl (C=O) groups is 1. The molecule has 2 aromatic heterocycles. The molecule has 1 unspecified atom stereocenters. The lowest BCUT2D eigenvalue weighted by Gasteiger charge is -2.25. The highest BCUT2D eigenvalue weighted by Crippen LogP contribution is 2.40. The molecule has 1 aromatic carbocycles. The third kappa shape index (κ3) is 3.50. The van der Waals surface area contributed by atoms with Crippen LogP contribution in [0.25, 0.3) is 0 Å². The van der Waals surface area contributed by atoms with E-state index in [9.17, 15) is 4.79 Å². The zero-order chi connectivity index (χ0) is 19.7. The number of benzene rings is 1. The average molecular weight is 376 g/mol. The van der Waals surface area contributed by atoms with Crippen LogP contribution in [0, 0.1) is 6.92 Å². The molecule has 3 heterocycles. The Morgan fingerprint density at radius 1 is 1.25 bits per heavy atom. The minimum Gasteiger partial charge on any atom is -0.487 e. The highest BCUT2D eigenvalue weighted by molar-refractivity contribution is 5.94. The third-order valence-corrected chi connectivity index (χ3v) is 4.99. The second-order valence-electron chi connectivity index (χ2n) is 7.37. The van der Waals surface area contributed by atoms with E-state index in [-0.39, 0.29) is 17.9 Å². The molecule has 144 valence electrons. The largest absolute Gasteiger partial charge is 0.487 e. The van der Waals surface area contributed by atoms with Gasteiger partial charge in [-0.25, -0.2) is 4.68 Å². The Kier molecular flexibility index (Phi) is 4.86. The van der Waals surface area contributed by atoms with Crippen molar-refractivity contribution < 1.29 is 9.53 Å². The number of hydrogen-bond donors (Lipinski definition) is 1. The maximum absolute atomic E-state index is 12.4. The fourth-order valence-corrected chi connectivity index (χ4v) is 3.69. The molecule has 1 aliphatic heterocycles. The first-order chi connectivity index (χ1) is 13.5. The molecule has 0 spiro atoms. The lowest BCUT2D eigenvalue weighted by molar-refractivity contribution is -0.116. The maximum atomic E-state index is 12.4. The van der Waals surface area contributed by atoms with Gasteiger partial charge in [-0.15, -0.1) is 0 Å². The number of carbonyl (C=O) groups excluding carboxylic acids is 1. The van der Waals surface area contributed by atoms with Crippen molar-refractivity contribution in [2.24, 2.45) is 0 Å². The van der Waals surface area contributed by atoms with E-state index in [2.05, 4.69) is 29.2 Å². The van der Waals surface area contributed by atoms with Gasteiger partial charge in [-0.05, 0) is 50.6 Å². The molecule has 0 aliphatic carbocycles. The van der Waals surface area contributed by atoms with E-state index in [1.54, 1.807) is 6.20 Å². The Labute approximate surface area is 164 Å². The van der Waals surface area contributed by atoms with Gasteiger partial charge < -0.3 is 10.1 Å². The van der Waals surface area contributed by atoms with E-state index in [0.29, 0.717) is 13.0 Å². The molecule has 3 aromatic rings. The predicted molar refractivity (Wildman–Crippen MR) is 107 cm³/mol. The normalized spacial score (nSPS) is 16.0. The van der Waals surface area contributed by atoms with Crippen molar-refractivity contribution in [3.8, 4) is 5.75 Å². The number of fused-ring (bicyclic) bond motifs is 1. The molecule has 1 amide bonds. The van der Waals surface area contributed by atoms with Gasteiger partial charge in [0.25, 0.3) is 0 Å². The van der Waals surface area contributed by atoms with E-state index in [0.717, 1.165) is 34.1 Å². The van der Waals surface area contributed by atoms with Gasteiger partial charge in [0, 0.05) is 30.1 Å². The zero-order valence-electron chi connectivity index (χ0n) is 16.3. The number of pyridine rings is 1. The summed E-state index contributed by atoms with van der Waals surface area (Å²) in [6, 6.07) is 13.9. The Morgan fingerprint density at radius 2 is 2.11 bits per heavy atom. The van der Waals surface area contributed by atoms with Gasteiger partial charge in [-0.1, -0.05) is 18.2 Å². The van der Waals surface area contributed by atoms with Crippen molar-refractivity contribution >= 4 is 11.7 Å². The van der Waals surface area contributed by atoms with Gasteiger partial charge in [0.1, 0.15) is 18.2 Å². The Balaban J connectivity index is 1.64. The van der Waals surface area contributed by atoms with E-state index in [4.69, 9.17) is 4.74 Å². The summed E-state index contributed by atoms with van der Waals surface area (Å²) in [5.41, 5.74) is 3.98. The lowest BCUT2D eigenvalue weighted by atomic mass is 9.85. The summed E-state index contributed by atoms with van der Waals surface area (Å²) in [5, 5.41) is 7.68. The monoisotopic (exact) mass is 376 g/mol. The summed E-state index contributed by atoms with van der Waals surface area (Å²) in [4.78, 5) is 16.7. The topological polar surface area (TPSA) is 69.0 Å². The number of aromatic nitrogens is 3. The van der Waals surface area contributed by atoms with Crippen LogP contribution in [0.3, 0.4) is 0 Å². The van der Waals surface area contributed by atoms with Crippen molar-refractivity contribution in [2.75, 3.05) is 5.32 Å². The second kappa shape index (κ2) is 7.46. The predicted octanol–water partition coefficient (Wildman–Crippen LogP) is 4.22. The van der Waals surface area contributed by atoms with E-state index in [1.807, 2.05) is 54.1 Å². The SMILES string of the molecule is Cc1nn(C(C)C)c2c1C(c1cccc(OCc3ccccn3)c1)CC(=O)N2. The summed E-state index contributed by atoms with van der Waals surface area (Å²) >= 11 is 0. The van der Waals surface area contributed by atoms with Gasteiger partial charge >= 0.3 is 0 Å². The fraction of sp³-hybridized carbons (Fsp3) is 0.318. The van der Waals surface area contributed by atoms with Crippen LogP contribution in [0.2, 0.25) is 0 Å². The van der Waals surface area contributed by atoms with Crippen molar-refractivity contribution in [1.29, 1.82) is 0 Å². The molecule has 0 fully saturated rings. The molecule has 4 rings (SSSR count). The Morgan fingerprint density at radius 3 is 2.86 bits per heavy atom. The van der Waals surface area contributed by atoms with Gasteiger partial charge in [0.15, 0.2) is 0 Å². The number of rotatable bonds is 5. The molecule has 0 bridgehead atoms. The molecular weight excluding hydrogens is 352 g/mol. The van der Waals surface area contributed by atoms with Crippen LogP contribution in [0.15, 0.2) is 48.7 Å². The molecule has 0 saturated heterocycles. The molecule has 28 heavy (non-hydrogen) atoms. The number of hydrogen-bond acceptors (Lipinski definition) is 4. The quantitative estimate of drug-likeness (QED) is 0.724. The standard InChI is InChI=1S/C22H24N4O2/c1-14(2)26-22-21(15(3)25-26)19(12-20(27)24-22)16-7-6-9-18(11-16)28-13-17-8-4-5-10-23-17/h4-11,14,19H,12-13H2,1-3H3,(H,24,27). The third-order valence-electron chi connectivity index (χ3n) is 4.99. The van der Waals surface area contributed by atoms with Crippen LogP contribution in [-0.4, -0.2) is 20.7 Å². The van der Waals surface area contributed by atoms with Gasteiger partial charge in [-0.3, -0.25) is 9.78 Å². The highest BCUT2D eigenvalue weighted by atomic mass is 16.5. The van der Waals surface area contributed by atoms with Crippen LogP contribution >= 0.6 is 0 Å². The number of nitrogens with zero attached hydrogens (tertiary/aromatic N) is 3. The molecule has 0 saturated carbocycles. The van der Waals surface area contributed by atoms with E-state index >= 15 is 0 Å². The molecule has 6 nitrogen and oxygen atoms in total. The smallest absolute Gasteiger partial charge is 0.226 e. The second-order valence-corrected chi connectivity index (χ2v) is 7.37. The summed E-state index contributed by atoms with van der Waals surface area (Å²) in [5.74, 6) is 1.56. The maximum Gasteiger partial charge on any atom is 0.226 e. The Hall–Kier alpha value is -3.15.